The zero-order valence-corrected chi connectivity index (χ0v) is 11.0. The van der Waals surface area contributed by atoms with Gasteiger partial charge in [-0.25, -0.2) is 0 Å². The van der Waals surface area contributed by atoms with Crippen LogP contribution < -0.4 is 10.6 Å². The van der Waals surface area contributed by atoms with Gasteiger partial charge in [0.15, 0.2) is 5.82 Å². The van der Waals surface area contributed by atoms with Crippen LogP contribution in [-0.4, -0.2) is 15.8 Å². The van der Waals surface area contributed by atoms with Gasteiger partial charge in [-0.1, -0.05) is 18.2 Å². The first-order valence-electron chi connectivity index (χ1n) is 6.26. The predicted molar refractivity (Wildman–Crippen MR) is 74.1 cm³/mol. The van der Waals surface area contributed by atoms with Crippen molar-refractivity contribution in [2.45, 2.75) is 26.3 Å². The van der Waals surface area contributed by atoms with Gasteiger partial charge in [-0.05, 0) is 31.9 Å². The highest BCUT2D eigenvalue weighted by molar-refractivity contribution is 5.77. The third-order valence-electron chi connectivity index (χ3n) is 3.67. The Morgan fingerprint density at radius 2 is 2.06 bits per heavy atom. The molecular weight excluding hydrogens is 224 g/mol. The summed E-state index contributed by atoms with van der Waals surface area (Å²) in [6, 6.07) is 8.92. The van der Waals surface area contributed by atoms with E-state index in [9.17, 15) is 0 Å². The van der Waals surface area contributed by atoms with Crippen LogP contribution in [0.2, 0.25) is 0 Å². The molecule has 1 aromatic heterocycles. The summed E-state index contributed by atoms with van der Waals surface area (Å²) in [5.41, 5.74) is 10.5. The fourth-order valence-corrected chi connectivity index (χ4v) is 2.84. The van der Waals surface area contributed by atoms with E-state index < -0.39 is 0 Å². The minimum Gasteiger partial charge on any atom is -0.394 e. The molecule has 0 radical (unpaired) electrons. The lowest BCUT2D eigenvalue weighted by Gasteiger charge is -2.25. The van der Waals surface area contributed by atoms with Gasteiger partial charge in [-0.2, -0.15) is 5.10 Å². The third-order valence-corrected chi connectivity index (χ3v) is 3.67. The lowest BCUT2D eigenvalue weighted by Crippen LogP contribution is -2.26. The molecule has 4 nitrogen and oxygen atoms in total. The van der Waals surface area contributed by atoms with Crippen LogP contribution in [0.25, 0.3) is 0 Å². The van der Waals surface area contributed by atoms with Crippen LogP contribution in [-0.2, 0) is 13.5 Å². The monoisotopic (exact) mass is 242 g/mol. The summed E-state index contributed by atoms with van der Waals surface area (Å²) in [6.07, 6.45) is 1.06. The second-order valence-corrected chi connectivity index (χ2v) is 5.00. The fourth-order valence-electron chi connectivity index (χ4n) is 2.84. The molecule has 2 N–H and O–H groups in total. The number of para-hydroxylation sites is 1. The molecule has 4 heteroatoms. The smallest absolute Gasteiger partial charge is 0.155 e. The van der Waals surface area contributed by atoms with E-state index >= 15 is 0 Å². The molecule has 3 rings (SSSR count). The van der Waals surface area contributed by atoms with E-state index in [1.807, 2.05) is 18.7 Å². The topological polar surface area (TPSA) is 47.1 Å². The average molecular weight is 242 g/mol. The molecule has 18 heavy (non-hydrogen) atoms. The predicted octanol–water partition coefficient (Wildman–Crippen LogP) is 2.39. The molecule has 0 saturated heterocycles. The molecule has 94 valence electrons. The van der Waals surface area contributed by atoms with Crippen molar-refractivity contribution in [1.29, 1.82) is 0 Å². The Balaban J connectivity index is 2.18. The van der Waals surface area contributed by atoms with Gasteiger partial charge in [0.05, 0.1) is 11.4 Å². The lowest BCUT2D eigenvalue weighted by molar-refractivity contribution is 0.694. The first-order chi connectivity index (χ1) is 8.59. The van der Waals surface area contributed by atoms with Crippen molar-refractivity contribution in [3.63, 3.8) is 0 Å². The standard InChI is InChI=1S/C14H18N4/c1-9-8-11-6-4-5-7-12(11)18(9)14-13(15)10(2)16-17(14)3/h4-7,9H,8,15H2,1-3H3. The van der Waals surface area contributed by atoms with Gasteiger partial charge >= 0.3 is 0 Å². The van der Waals surface area contributed by atoms with Crippen molar-refractivity contribution in [2.75, 3.05) is 10.6 Å². The highest BCUT2D eigenvalue weighted by atomic mass is 15.4. The minimum absolute atomic E-state index is 0.416. The number of nitrogens with two attached hydrogens (primary N) is 1. The maximum Gasteiger partial charge on any atom is 0.155 e. The van der Waals surface area contributed by atoms with Crippen molar-refractivity contribution >= 4 is 17.2 Å². The van der Waals surface area contributed by atoms with Crippen LogP contribution in [0.5, 0.6) is 0 Å². The van der Waals surface area contributed by atoms with Crippen molar-refractivity contribution in [3.8, 4) is 0 Å². The van der Waals surface area contributed by atoms with E-state index in [-0.39, 0.29) is 0 Å². The lowest BCUT2D eigenvalue weighted by atomic mass is 10.1. The number of hydrogen-bond acceptors (Lipinski definition) is 3. The molecule has 2 aromatic rings. The number of aryl methyl sites for hydroxylation is 2. The number of anilines is 3. The molecule has 0 amide bonds. The van der Waals surface area contributed by atoms with Crippen molar-refractivity contribution in [2.24, 2.45) is 7.05 Å². The molecular formula is C14H18N4. The quantitative estimate of drug-likeness (QED) is 0.835. The van der Waals surface area contributed by atoms with E-state index in [0.29, 0.717) is 6.04 Å². The summed E-state index contributed by atoms with van der Waals surface area (Å²) in [5.74, 6) is 1.00. The van der Waals surface area contributed by atoms with Crippen molar-refractivity contribution in [3.05, 3.63) is 35.5 Å². The van der Waals surface area contributed by atoms with Crippen LogP contribution in [0.3, 0.4) is 0 Å². The summed E-state index contributed by atoms with van der Waals surface area (Å²) in [5, 5.41) is 4.41. The maximum absolute atomic E-state index is 6.18. The van der Waals surface area contributed by atoms with Crippen molar-refractivity contribution in [1.82, 2.24) is 9.78 Å². The summed E-state index contributed by atoms with van der Waals surface area (Å²) < 4.78 is 1.88. The second-order valence-electron chi connectivity index (χ2n) is 5.00. The molecule has 0 spiro atoms. The minimum atomic E-state index is 0.416. The largest absolute Gasteiger partial charge is 0.394 e. The van der Waals surface area contributed by atoms with Crippen LogP contribution >= 0.6 is 0 Å². The zero-order valence-electron chi connectivity index (χ0n) is 11.0. The van der Waals surface area contributed by atoms with Gasteiger partial charge in [0.2, 0.25) is 0 Å². The number of benzene rings is 1. The van der Waals surface area contributed by atoms with E-state index in [4.69, 9.17) is 5.73 Å². The maximum atomic E-state index is 6.18. The Labute approximate surface area is 107 Å². The van der Waals surface area contributed by atoms with Crippen LogP contribution in [0.15, 0.2) is 24.3 Å². The Bertz CT molecular complexity index is 600. The van der Waals surface area contributed by atoms with E-state index in [1.54, 1.807) is 0 Å². The molecule has 1 aliphatic heterocycles. The first kappa shape index (κ1) is 11.1. The third kappa shape index (κ3) is 1.41. The van der Waals surface area contributed by atoms with Crippen molar-refractivity contribution < 1.29 is 0 Å². The van der Waals surface area contributed by atoms with Crippen LogP contribution in [0.4, 0.5) is 17.2 Å². The molecule has 1 atom stereocenters. The molecule has 1 aliphatic rings. The summed E-state index contributed by atoms with van der Waals surface area (Å²) in [6.45, 7) is 4.17. The van der Waals surface area contributed by atoms with Gasteiger partial charge in [0.1, 0.15) is 0 Å². The van der Waals surface area contributed by atoms with E-state index in [2.05, 4.69) is 41.2 Å². The number of nitrogen functional groups attached to an aromatic ring is 1. The van der Waals surface area contributed by atoms with Gasteiger partial charge in [-0.3, -0.25) is 4.68 Å². The molecule has 0 aliphatic carbocycles. The highest BCUT2D eigenvalue weighted by Crippen LogP contribution is 2.40. The van der Waals surface area contributed by atoms with Gasteiger partial charge in [-0.15, -0.1) is 0 Å². The first-order valence-corrected chi connectivity index (χ1v) is 6.26. The Hall–Kier alpha value is -1.97. The average Bonchev–Trinajstić information content (AvgIpc) is 2.77. The van der Waals surface area contributed by atoms with Gasteiger partial charge in [0.25, 0.3) is 0 Å². The molecule has 1 unspecified atom stereocenters. The van der Waals surface area contributed by atoms with E-state index in [1.165, 1.54) is 11.3 Å². The fraction of sp³-hybridized carbons (Fsp3) is 0.357. The number of fused-ring (bicyclic) bond motifs is 1. The normalized spacial score (nSPS) is 18.2. The van der Waals surface area contributed by atoms with Gasteiger partial charge < -0.3 is 10.6 Å². The molecule has 0 saturated carbocycles. The number of rotatable bonds is 1. The Morgan fingerprint density at radius 1 is 1.33 bits per heavy atom. The zero-order chi connectivity index (χ0) is 12.9. The molecule has 1 aromatic carbocycles. The number of aromatic nitrogens is 2. The summed E-state index contributed by atoms with van der Waals surface area (Å²) >= 11 is 0. The highest BCUT2D eigenvalue weighted by Gasteiger charge is 2.30. The van der Waals surface area contributed by atoms with E-state index in [0.717, 1.165) is 23.6 Å². The summed E-state index contributed by atoms with van der Waals surface area (Å²) in [7, 11) is 1.95. The van der Waals surface area contributed by atoms with Gasteiger partial charge in [0, 0.05) is 18.8 Å². The SMILES string of the molecule is Cc1nn(C)c(N2c3ccccc3CC2C)c1N. The number of nitrogens with zero attached hydrogens (tertiary/aromatic N) is 3. The molecule has 0 bridgehead atoms. The van der Waals surface area contributed by atoms with Crippen LogP contribution in [0.1, 0.15) is 18.2 Å². The number of hydrogen-bond donors (Lipinski definition) is 1. The summed E-state index contributed by atoms with van der Waals surface area (Å²) in [4.78, 5) is 2.30. The molecule has 0 fully saturated rings. The van der Waals surface area contributed by atoms with Crippen LogP contribution in [0, 0.1) is 6.92 Å². The Kier molecular flexibility index (Phi) is 2.33. The Morgan fingerprint density at radius 3 is 2.72 bits per heavy atom. The second kappa shape index (κ2) is 3.77. The molecule has 2 heterocycles.